The number of hydrogen-bond donors (Lipinski definition) is 1. The van der Waals surface area contributed by atoms with Crippen LogP contribution in [0.4, 0.5) is 0 Å². The van der Waals surface area contributed by atoms with Crippen LogP contribution in [0.3, 0.4) is 0 Å². The van der Waals surface area contributed by atoms with E-state index in [1.54, 1.807) is 36.2 Å². The Morgan fingerprint density at radius 2 is 2.15 bits per heavy atom. The Balaban J connectivity index is 1.97. The fraction of sp³-hybridized carbons (Fsp3) is 0.467. The van der Waals surface area contributed by atoms with Crippen molar-refractivity contribution in [2.24, 2.45) is 5.92 Å². The normalized spacial score (nSPS) is 14.4. The Bertz CT molecular complexity index is 496. The molecule has 0 aromatic heterocycles. The third-order valence-electron chi connectivity index (χ3n) is 3.55. The van der Waals surface area contributed by atoms with Gasteiger partial charge in [-0.1, -0.05) is 12.5 Å². The smallest absolute Gasteiger partial charge is 0.341 e. The van der Waals surface area contributed by atoms with E-state index in [9.17, 15) is 9.59 Å². The molecule has 0 spiro atoms. The second kappa shape index (κ2) is 6.41. The third kappa shape index (κ3) is 3.73. The summed E-state index contributed by atoms with van der Waals surface area (Å²) in [4.78, 5) is 24.4. The van der Waals surface area contributed by atoms with Crippen LogP contribution in [0, 0.1) is 5.92 Å². The topological polar surface area (TPSA) is 66.8 Å². The molecule has 2 rings (SSSR count). The first-order chi connectivity index (χ1) is 9.56. The van der Waals surface area contributed by atoms with Crippen molar-refractivity contribution in [3.05, 3.63) is 29.8 Å². The zero-order chi connectivity index (χ0) is 14.5. The molecule has 20 heavy (non-hydrogen) atoms. The number of amides is 1. The van der Waals surface area contributed by atoms with Crippen molar-refractivity contribution in [2.75, 3.05) is 20.2 Å². The maximum Gasteiger partial charge on any atom is 0.341 e. The minimum Gasteiger partial charge on any atom is -0.482 e. The van der Waals surface area contributed by atoms with E-state index in [-0.39, 0.29) is 5.91 Å². The van der Waals surface area contributed by atoms with E-state index in [0.29, 0.717) is 17.2 Å². The number of rotatable bonds is 6. The van der Waals surface area contributed by atoms with E-state index >= 15 is 0 Å². The molecule has 1 N–H and O–H groups in total. The molecule has 1 aliphatic carbocycles. The summed E-state index contributed by atoms with van der Waals surface area (Å²) >= 11 is 0. The van der Waals surface area contributed by atoms with Crippen LogP contribution in [0.25, 0.3) is 0 Å². The first kappa shape index (κ1) is 14.4. The quantitative estimate of drug-likeness (QED) is 0.864. The largest absolute Gasteiger partial charge is 0.482 e. The molecule has 0 radical (unpaired) electrons. The fourth-order valence-electron chi connectivity index (χ4n) is 2.23. The Morgan fingerprint density at radius 1 is 1.40 bits per heavy atom. The predicted molar refractivity (Wildman–Crippen MR) is 73.9 cm³/mol. The summed E-state index contributed by atoms with van der Waals surface area (Å²) in [6.45, 7) is 0.370. The lowest BCUT2D eigenvalue weighted by Crippen LogP contribution is -2.34. The molecule has 1 aromatic rings. The van der Waals surface area contributed by atoms with Gasteiger partial charge in [0.1, 0.15) is 5.75 Å². The fourth-order valence-corrected chi connectivity index (χ4v) is 2.23. The molecule has 1 aromatic carbocycles. The van der Waals surface area contributed by atoms with E-state index < -0.39 is 12.6 Å². The Hall–Kier alpha value is -2.04. The maximum atomic E-state index is 12.3. The summed E-state index contributed by atoms with van der Waals surface area (Å²) in [7, 11) is 1.80. The summed E-state index contributed by atoms with van der Waals surface area (Å²) in [5, 5.41) is 8.57. The lowest BCUT2D eigenvalue weighted by molar-refractivity contribution is -0.139. The van der Waals surface area contributed by atoms with Crippen molar-refractivity contribution in [3.63, 3.8) is 0 Å². The van der Waals surface area contributed by atoms with Crippen LogP contribution in [0.5, 0.6) is 5.75 Å². The highest BCUT2D eigenvalue weighted by molar-refractivity contribution is 5.94. The summed E-state index contributed by atoms with van der Waals surface area (Å²) < 4.78 is 5.08. The van der Waals surface area contributed by atoms with Crippen LogP contribution < -0.4 is 4.74 Å². The minimum absolute atomic E-state index is 0.0577. The molecule has 0 bridgehead atoms. The number of hydrogen-bond acceptors (Lipinski definition) is 3. The highest BCUT2D eigenvalue weighted by atomic mass is 16.5. The second-order valence-electron chi connectivity index (χ2n) is 5.19. The molecule has 0 aliphatic heterocycles. The van der Waals surface area contributed by atoms with Crippen molar-refractivity contribution in [1.29, 1.82) is 0 Å². The third-order valence-corrected chi connectivity index (χ3v) is 3.55. The molecule has 1 fully saturated rings. The molecule has 0 saturated heterocycles. The van der Waals surface area contributed by atoms with Gasteiger partial charge in [0.05, 0.1) is 0 Å². The zero-order valence-corrected chi connectivity index (χ0v) is 11.5. The number of aliphatic carboxylic acids is 1. The molecule has 108 valence electrons. The van der Waals surface area contributed by atoms with E-state index in [1.807, 2.05) is 0 Å². The molecule has 0 atom stereocenters. The van der Waals surface area contributed by atoms with Gasteiger partial charge in [-0.2, -0.15) is 0 Å². The molecule has 5 heteroatoms. The van der Waals surface area contributed by atoms with Gasteiger partial charge in [0, 0.05) is 19.2 Å². The van der Waals surface area contributed by atoms with Crippen molar-refractivity contribution in [1.82, 2.24) is 4.90 Å². The van der Waals surface area contributed by atoms with Crippen LogP contribution in [-0.2, 0) is 4.79 Å². The van der Waals surface area contributed by atoms with Gasteiger partial charge in [-0.05, 0) is 37.0 Å². The van der Waals surface area contributed by atoms with E-state index in [1.165, 1.54) is 19.3 Å². The van der Waals surface area contributed by atoms with Gasteiger partial charge in [-0.15, -0.1) is 0 Å². The SMILES string of the molecule is CN(CC1CCC1)C(=O)c1cccc(OCC(=O)O)c1. The number of carboxylic acids is 1. The molecule has 1 saturated carbocycles. The minimum atomic E-state index is -1.04. The van der Waals surface area contributed by atoms with Crippen LogP contribution >= 0.6 is 0 Å². The van der Waals surface area contributed by atoms with Gasteiger partial charge in [-0.25, -0.2) is 4.79 Å². The lowest BCUT2D eigenvalue weighted by Gasteiger charge is -2.30. The first-order valence-electron chi connectivity index (χ1n) is 6.76. The first-order valence-corrected chi connectivity index (χ1v) is 6.76. The molecule has 5 nitrogen and oxygen atoms in total. The lowest BCUT2D eigenvalue weighted by atomic mass is 9.85. The summed E-state index contributed by atoms with van der Waals surface area (Å²) in [6, 6.07) is 6.64. The predicted octanol–water partition coefficient (Wildman–Crippen LogP) is 2.02. The standard InChI is InChI=1S/C15H19NO4/c1-16(9-11-4-2-5-11)15(19)12-6-3-7-13(8-12)20-10-14(17)18/h3,6-8,11H,2,4-5,9-10H2,1H3,(H,17,18). The highest BCUT2D eigenvalue weighted by Gasteiger charge is 2.22. The summed E-state index contributed by atoms with van der Waals surface area (Å²) in [6.07, 6.45) is 3.64. The number of carboxylic acid groups (broad SMARTS) is 1. The Kier molecular flexibility index (Phi) is 4.61. The number of benzene rings is 1. The second-order valence-corrected chi connectivity index (χ2v) is 5.19. The molecule has 1 aliphatic rings. The van der Waals surface area contributed by atoms with E-state index in [0.717, 1.165) is 6.54 Å². The molecular weight excluding hydrogens is 258 g/mol. The molecule has 1 amide bonds. The van der Waals surface area contributed by atoms with Crippen LogP contribution in [-0.4, -0.2) is 42.1 Å². The summed E-state index contributed by atoms with van der Waals surface area (Å²) in [5.41, 5.74) is 0.523. The average molecular weight is 277 g/mol. The van der Waals surface area contributed by atoms with Crippen molar-refractivity contribution >= 4 is 11.9 Å². The molecule has 0 unspecified atom stereocenters. The van der Waals surface area contributed by atoms with Crippen LogP contribution in [0.15, 0.2) is 24.3 Å². The van der Waals surface area contributed by atoms with Gasteiger partial charge >= 0.3 is 5.97 Å². The van der Waals surface area contributed by atoms with Gasteiger partial charge in [0.25, 0.3) is 5.91 Å². The zero-order valence-electron chi connectivity index (χ0n) is 11.5. The Labute approximate surface area is 118 Å². The maximum absolute atomic E-state index is 12.3. The van der Waals surface area contributed by atoms with E-state index in [4.69, 9.17) is 9.84 Å². The Morgan fingerprint density at radius 3 is 2.75 bits per heavy atom. The van der Waals surface area contributed by atoms with Crippen molar-refractivity contribution in [2.45, 2.75) is 19.3 Å². The van der Waals surface area contributed by atoms with Gasteiger partial charge in [-0.3, -0.25) is 4.79 Å². The van der Waals surface area contributed by atoms with Crippen LogP contribution in [0.2, 0.25) is 0 Å². The number of nitrogens with zero attached hydrogens (tertiary/aromatic N) is 1. The van der Waals surface area contributed by atoms with Crippen LogP contribution in [0.1, 0.15) is 29.6 Å². The number of carbonyl (C=O) groups is 2. The number of carbonyl (C=O) groups excluding carboxylic acids is 1. The molecule has 0 heterocycles. The van der Waals surface area contributed by atoms with Crippen molar-refractivity contribution in [3.8, 4) is 5.75 Å². The monoisotopic (exact) mass is 277 g/mol. The highest BCUT2D eigenvalue weighted by Crippen LogP contribution is 2.27. The van der Waals surface area contributed by atoms with Gasteiger partial charge in [0.2, 0.25) is 0 Å². The van der Waals surface area contributed by atoms with Gasteiger partial charge in [0.15, 0.2) is 6.61 Å². The number of ether oxygens (including phenoxy) is 1. The van der Waals surface area contributed by atoms with E-state index in [2.05, 4.69) is 0 Å². The average Bonchev–Trinajstić information content (AvgIpc) is 2.39. The van der Waals surface area contributed by atoms with Gasteiger partial charge < -0.3 is 14.7 Å². The molecular formula is C15H19NO4. The van der Waals surface area contributed by atoms with Crippen molar-refractivity contribution < 1.29 is 19.4 Å². The summed E-state index contributed by atoms with van der Waals surface area (Å²) in [5.74, 6) is -0.0767.